The van der Waals surface area contributed by atoms with Crippen LogP contribution in [0, 0.1) is 5.92 Å². The average molecular weight is 800 g/mol. The van der Waals surface area contributed by atoms with E-state index < -0.39 is 24.0 Å². The second kappa shape index (κ2) is 37.6. The molecule has 14 heteroatoms. The van der Waals surface area contributed by atoms with Gasteiger partial charge in [-0.3, -0.25) is 28.8 Å². The van der Waals surface area contributed by atoms with E-state index in [2.05, 4.69) is 16.0 Å². The van der Waals surface area contributed by atoms with E-state index in [0.29, 0.717) is 52.2 Å². The Balaban J connectivity index is 3.65. The fourth-order valence-electron chi connectivity index (χ4n) is 5.66. The van der Waals surface area contributed by atoms with Crippen LogP contribution < -0.4 is 16.0 Å². The number of carboxylic acid groups (broad SMARTS) is 1. The van der Waals surface area contributed by atoms with Crippen LogP contribution in [0.25, 0.3) is 0 Å². The standard InChI is InChI=1S/C42H77N3O11/c1-34(2)38(47)32-55-30-29-54-27-25-43-40(49)33-56-31-28-53-26-21-22-37(46)35(3)45-42(52)36(4)44-39(48)23-19-17-15-13-11-9-7-5-6-8-10-12-14-16-18-20-24-41(50)51/h34-36H,5-33H2,1-4H3,(H,43,49)(H,44,48)(H,45,52)(H,50,51)/t35-,36-/m0/s1. The summed E-state index contributed by atoms with van der Waals surface area (Å²) in [5.74, 6) is -1.65. The van der Waals surface area contributed by atoms with Crippen molar-refractivity contribution in [1.82, 2.24) is 16.0 Å². The van der Waals surface area contributed by atoms with E-state index in [1.54, 1.807) is 13.8 Å². The van der Waals surface area contributed by atoms with Gasteiger partial charge < -0.3 is 40.0 Å². The summed E-state index contributed by atoms with van der Waals surface area (Å²) >= 11 is 0. The summed E-state index contributed by atoms with van der Waals surface area (Å²) in [5.41, 5.74) is 0. The zero-order valence-electron chi connectivity index (χ0n) is 35.3. The summed E-state index contributed by atoms with van der Waals surface area (Å²) in [6.45, 7) is 9.00. The Bertz CT molecular complexity index is 1060. The number of nitrogens with one attached hydrogen (secondary N) is 3. The van der Waals surface area contributed by atoms with Gasteiger partial charge in [-0.25, -0.2) is 0 Å². The average Bonchev–Trinajstić information content (AvgIpc) is 3.15. The second-order valence-electron chi connectivity index (χ2n) is 14.9. The Kier molecular flexibility index (Phi) is 35.7. The summed E-state index contributed by atoms with van der Waals surface area (Å²) in [6, 6.07) is -1.41. The van der Waals surface area contributed by atoms with E-state index in [9.17, 15) is 28.8 Å². The molecule has 2 atom stereocenters. The van der Waals surface area contributed by atoms with Crippen molar-refractivity contribution in [2.75, 3.05) is 59.4 Å². The van der Waals surface area contributed by atoms with E-state index in [-0.39, 0.29) is 62.1 Å². The van der Waals surface area contributed by atoms with Crippen LogP contribution in [0.15, 0.2) is 0 Å². The molecule has 326 valence electrons. The van der Waals surface area contributed by atoms with E-state index in [1.165, 1.54) is 64.2 Å². The topological polar surface area (TPSA) is 196 Å². The molecular weight excluding hydrogens is 722 g/mol. The van der Waals surface area contributed by atoms with Crippen molar-refractivity contribution in [2.45, 2.75) is 168 Å². The molecule has 3 amide bonds. The van der Waals surface area contributed by atoms with E-state index in [0.717, 1.165) is 38.5 Å². The van der Waals surface area contributed by atoms with Gasteiger partial charge in [0.1, 0.15) is 19.3 Å². The number of ketones is 2. The first-order valence-electron chi connectivity index (χ1n) is 21.4. The number of Topliss-reactive ketones (excluding diaryl/α,β-unsaturated/α-hetero) is 2. The molecule has 0 fully saturated rings. The lowest BCUT2D eigenvalue weighted by molar-refractivity contribution is -0.137. The molecule has 56 heavy (non-hydrogen) atoms. The van der Waals surface area contributed by atoms with Gasteiger partial charge in [0, 0.05) is 38.3 Å². The summed E-state index contributed by atoms with van der Waals surface area (Å²) < 4.78 is 21.4. The Labute approximate surface area is 337 Å². The molecule has 14 nitrogen and oxygen atoms in total. The van der Waals surface area contributed by atoms with E-state index in [1.807, 2.05) is 13.8 Å². The van der Waals surface area contributed by atoms with Crippen LogP contribution in [0.5, 0.6) is 0 Å². The zero-order chi connectivity index (χ0) is 41.7. The van der Waals surface area contributed by atoms with Gasteiger partial charge in [-0.1, -0.05) is 104 Å². The molecule has 0 saturated carbocycles. The molecule has 0 aliphatic rings. The van der Waals surface area contributed by atoms with Gasteiger partial charge in [0.05, 0.1) is 39.1 Å². The molecule has 0 spiro atoms. The molecule has 0 aliphatic carbocycles. The number of carbonyl (C=O) groups is 6. The highest BCUT2D eigenvalue weighted by Crippen LogP contribution is 2.14. The molecule has 0 aliphatic heterocycles. The third kappa shape index (κ3) is 35.5. The van der Waals surface area contributed by atoms with Gasteiger partial charge in [0.15, 0.2) is 11.6 Å². The van der Waals surface area contributed by atoms with Crippen LogP contribution in [-0.4, -0.2) is 112 Å². The smallest absolute Gasteiger partial charge is 0.303 e. The minimum atomic E-state index is -0.731. The number of carbonyl (C=O) groups excluding carboxylic acids is 5. The predicted octanol–water partition coefficient (Wildman–Crippen LogP) is 5.86. The van der Waals surface area contributed by atoms with Crippen LogP contribution in [0.4, 0.5) is 0 Å². The summed E-state index contributed by atoms with van der Waals surface area (Å²) in [5, 5.41) is 16.8. The molecule has 0 bridgehead atoms. The van der Waals surface area contributed by atoms with Gasteiger partial charge in [-0.05, 0) is 33.1 Å². The molecule has 0 unspecified atom stereocenters. The van der Waals surface area contributed by atoms with Gasteiger partial charge in [-0.2, -0.15) is 0 Å². The number of amides is 3. The third-order valence-electron chi connectivity index (χ3n) is 9.30. The number of aliphatic carboxylic acids is 1. The number of rotatable bonds is 41. The van der Waals surface area contributed by atoms with Crippen LogP contribution in [0.1, 0.15) is 156 Å². The molecule has 0 aromatic rings. The summed E-state index contributed by atoms with van der Waals surface area (Å²) in [7, 11) is 0. The monoisotopic (exact) mass is 800 g/mol. The largest absolute Gasteiger partial charge is 0.481 e. The Morgan fingerprint density at radius 2 is 0.911 bits per heavy atom. The van der Waals surface area contributed by atoms with Crippen LogP contribution in [0.3, 0.4) is 0 Å². The first-order chi connectivity index (χ1) is 26.9. The highest BCUT2D eigenvalue weighted by molar-refractivity contribution is 5.92. The lowest BCUT2D eigenvalue weighted by Crippen LogP contribution is -2.49. The minimum Gasteiger partial charge on any atom is -0.481 e. The lowest BCUT2D eigenvalue weighted by atomic mass is 10.0. The van der Waals surface area contributed by atoms with Gasteiger partial charge in [0.2, 0.25) is 17.7 Å². The Morgan fingerprint density at radius 3 is 1.43 bits per heavy atom. The van der Waals surface area contributed by atoms with Crippen molar-refractivity contribution in [3.8, 4) is 0 Å². The van der Waals surface area contributed by atoms with Gasteiger partial charge in [0.25, 0.3) is 0 Å². The highest BCUT2D eigenvalue weighted by Gasteiger charge is 2.20. The van der Waals surface area contributed by atoms with E-state index in [4.69, 9.17) is 24.1 Å². The molecule has 0 radical (unpaired) electrons. The van der Waals surface area contributed by atoms with Crippen molar-refractivity contribution in [3.63, 3.8) is 0 Å². The number of unbranched alkanes of at least 4 members (excludes halogenated alkanes) is 15. The number of hydrogen-bond donors (Lipinski definition) is 4. The molecule has 0 heterocycles. The van der Waals surface area contributed by atoms with Crippen molar-refractivity contribution in [2.24, 2.45) is 5.92 Å². The minimum absolute atomic E-state index is 0.0458. The molecule has 0 aromatic heterocycles. The van der Waals surface area contributed by atoms with Crippen LogP contribution >= 0.6 is 0 Å². The predicted molar refractivity (Wildman–Crippen MR) is 216 cm³/mol. The Morgan fingerprint density at radius 1 is 0.446 bits per heavy atom. The summed E-state index contributed by atoms with van der Waals surface area (Å²) in [6.07, 6.45) is 19.8. The lowest BCUT2D eigenvalue weighted by Gasteiger charge is -2.18. The maximum Gasteiger partial charge on any atom is 0.303 e. The maximum atomic E-state index is 12.5. The molecule has 0 aromatic carbocycles. The number of ether oxygens (including phenoxy) is 4. The SMILES string of the molecule is CC(C)C(=O)COCCOCCNC(=O)COCCOCCCC(=O)[C@H](C)NC(=O)[C@H](C)NC(=O)CCCCCCCCCCCCCCCCCCC(=O)O. The third-order valence-corrected chi connectivity index (χ3v) is 9.30. The fraction of sp³-hybridized carbons (Fsp3) is 0.857. The quantitative estimate of drug-likeness (QED) is 0.0541. The van der Waals surface area contributed by atoms with Crippen molar-refractivity contribution in [1.29, 1.82) is 0 Å². The molecule has 4 N–H and O–H groups in total. The van der Waals surface area contributed by atoms with Gasteiger partial charge in [-0.15, -0.1) is 0 Å². The number of carboxylic acids is 1. The Hall–Kier alpha value is -2.94. The second-order valence-corrected chi connectivity index (χ2v) is 14.9. The van der Waals surface area contributed by atoms with Crippen molar-refractivity contribution < 1.29 is 52.8 Å². The first-order valence-corrected chi connectivity index (χ1v) is 21.4. The highest BCUT2D eigenvalue weighted by atomic mass is 16.5. The molecule has 0 rings (SSSR count). The molecule has 0 saturated heterocycles. The molecular formula is C42H77N3O11. The summed E-state index contributed by atoms with van der Waals surface area (Å²) in [4.78, 5) is 71.2. The van der Waals surface area contributed by atoms with Gasteiger partial charge >= 0.3 is 5.97 Å². The normalized spacial score (nSPS) is 12.3. The number of hydrogen-bond acceptors (Lipinski definition) is 10. The van der Waals surface area contributed by atoms with Crippen molar-refractivity contribution in [3.05, 3.63) is 0 Å². The van der Waals surface area contributed by atoms with E-state index >= 15 is 0 Å². The first kappa shape index (κ1) is 53.1. The zero-order valence-corrected chi connectivity index (χ0v) is 35.3. The maximum absolute atomic E-state index is 12.5. The van der Waals surface area contributed by atoms with Crippen molar-refractivity contribution >= 4 is 35.3 Å². The van der Waals surface area contributed by atoms with Crippen LogP contribution in [0.2, 0.25) is 0 Å². The van der Waals surface area contributed by atoms with Crippen LogP contribution in [-0.2, 0) is 47.7 Å². The fourth-order valence-corrected chi connectivity index (χ4v) is 5.66.